The molecule has 0 bridgehead atoms. The minimum atomic E-state index is -0.190. The number of methoxy groups -OCH3 is 1. The number of amides is 1. The summed E-state index contributed by atoms with van der Waals surface area (Å²) in [6, 6.07) is 20.6. The molecule has 1 amide bonds. The fraction of sp³-hybridized carbons (Fsp3) is 0.0800. The molecule has 4 aromatic rings. The first-order valence-corrected chi connectivity index (χ1v) is 10.5. The van der Waals surface area contributed by atoms with Gasteiger partial charge in [-0.1, -0.05) is 30.3 Å². The molecule has 0 N–H and O–H groups in total. The molecule has 0 unspecified atom stereocenters. The summed E-state index contributed by atoms with van der Waals surface area (Å²) in [5.74, 6) is 0.615. The molecule has 1 aromatic heterocycles. The lowest BCUT2D eigenvalue weighted by molar-refractivity contribution is 0.0989. The predicted molar refractivity (Wildman–Crippen MR) is 125 cm³/mol. The zero-order valence-electron chi connectivity index (χ0n) is 16.9. The van der Waals surface area contributed by atoms with Crippen LogP contribution in [0.2, 0.25) is 0 Å². The van der Waals surface area contributed by atoms with Gasteiger partial charge in [-0.2, -0.15) is 5.26 Å². The summed E-state index contributed by atoms with van der Waals surface area (Å²) < 4.78 is 5.49. The van der Waals surface area contributed by atoms with Crippen LogP contribution in [0.4, 0.5) is 5.13 Å². The van der Waals surface area contributed by atoms with E-state index in [0.717, 1.165) is 27.8 Å². The van der Waals surface area contributed by atoms with E-state index in [4.69, 9.17) is 15.0 Å². The van der Waals surface area contributed by atoms with E-state index in [0.29, 0.717) is 22.8 Å². The first-order valence-electron chi connectivity index (χ1n) is 9.61. The van der Waals surface area contributed by atoms with Gasteiger partial charge in [0.05, 0.1) is 24.4 Å². The first kappa shape index (κ1) is 20.3. The van der Waals surface area contributed by atoms with E-state index < -0.39 is 0 Å². The number of nitriles is 1. The van der Waals surface area contributed by atoms with Gasteiger partial charge in [-0.3, -0.25) is 9.69 Å². The Kier molecular flexibility index (Phi) is 5.78. The van der Waals surface area contributed by atoms with Gasteiger partial charge in [-0.25, -0.2) is 4.98 Å². The third kappa shape index (κ3) is 3.91. The van der Waals surface area contributed by atoms with Crippen LogP contribution >= 0.6 is 11.3 Å². The van der Waals surface area contributed by atoms with Gasteiger partial charge >= 0.3 is 0 Å². The van der Waals surface area contributed by atoms with Crippen LogP contribution in [0.15, 0.2) is 78.7 Å². The minimum absolute atomic E-state index is 0.190. The Hall–Kier alpha value is -3.95. The standard InChI is InChI=1S/C25H19N3O2S/c1-3-14-28(24(29)18-10-8-17(15-26)9-11-18)25-27-22(16-31-25)20-12-13-23(30-2)21-7-5-4-6-19(20)21/h3-13,16H,1,14H2,2H3. The van der Waals surface area contributed by atoms with Crippen molar-refractivity contribution >= 4 is 33.1 Å². The van der Waals surface area contributed by atoms with Crippen molar-refractivity contribution in [2.24, 2.45) is 0 Å². The Balaban J connectivity index is 1.72. The summed E-state index contributed by atoms with van der Waals surface area (Å²) in [6.07, 6.45) is 1.67. The highest BCUT2D eigenvalue weighted by atomic mass is 32.1. The van der Waals surface area contributed by atoms with Gasteiger partial charge in [0, 0.05) is 28.4 Å². The second kappa shape index (κ2) is 8.82. The highest BCUT2D eigenvalue weighted by molar-refractivity contribution is 7.14. The molecule has 0 aliphatic rings. The molecule has 0 fully saturated rings. The monoisotopic (exact) mass is 425 g/mol. The van der Waals surface area contributed by atoms with Crippen molar-refractivity contribution in [3.05, 3.63) is 89.8 Å². The van der Waals surface area contributed by atoms with E-state index in [1.54, 1.807) is 42.4 Å². The molecule has 152 valence electrons. The molecule has 0 spiro atoms. The Morgan fingerprint density at radius 2 is 1.90 bits per heavy atom. The lowest BCUT2D eigenvalue weighted by atomic mass is 10.0. The first-order chi connectivity index (χ1) is 15.2. The lowest BCUT2D eigenvalue weighted by Crippen LogP contribution is -2.30. The van der Waals surface area contributed by atoms with Gasteiger partial charge in [0.15, 0.2) is 5.13 Å². The Bertz CT molecular complexity index is 1300. The van der Waals surface area contributed by atoms with Gasteiger partial charge in [0.25, 0.3) is 5.91 Å². The fourth-order valence-corrected chi connectivity index (χ4v) is 4.24. The Labute approximate surface area is 184 Å². The second-order valence-corrected chi connectivity index (χ2v) is 7.61. The second-order valence-electron chi connectivity index (χ2n) is 6.77. The highest BCUT2D eigenvalue weighted by Crippen LogP contribution is 2.36. The van der Waals surface area contributed by atoms with Gasteiger partial charge in [0.1, 0.15) is 5.75 Å². The van der Waals surface area contributed by atoms with Crippen LogP contribution < -0.4 is 9.64 Å². The summed E-state index contributed by atoms with van der Waals surface area (Å²) in [4.78, 5) is 19.5. The molecular weight excluding hydrogens is 406 g/mol. The summed E-state index contributed by atoms with van der Waals surface area (Å²) in [6.45, 7) is 4.11. The maximum absolute atomic E-state index is 13.1. The van der Waals surface area contributed by atoms with Crippen LogP contribution in [0.1, 0.15) is 15.9 Å². The fourth-order valence-electron chi connectivity index (χ4n) is 3.40. The van der Waals surface area contributed by atoms with Crippen molar-refractivity contribution in [3.63, 3.8) is 0 Å². The number of hydrogen-bond donors (Lipinski definition) is 0. The van der Waals surface area contributed by atoms with Crippen molar-refractivity contribution in [3.8, 4) is 23.1 Å². The number of thiazole rings is 1. The van der Waals surface area contributed by atoms with Crippen LogP contribution in [0, 0.1) is 11.3 Å². The minimum Gasteiger partial charge on any atom is -0.496 e. The van der Waals surface area contributed by atoms with Gasteiger partial charge in [-0.05, 0) is 41.8 Å². The third-order valence-corrected chi connectivity index (χ3v) is 5.78. The SMILES string of the molecule is C=CCN(C(=O)c1ccc(C#N)cc1)c1nc(-c2ccc(OC)c3ccccc23)cs1. The number of aromatic nitrogens is 1. The van der Waals surface area contributed by atoms with Crippen molar-refractivity contribution in [1.29, 1.82) is 5.26 Å². The van der Waals surface area contributed by atoms with E-state index in [1.165, 1.54) is 11.3 Å². The smallest absolute Gasteiger partial charge is 0.260 e. The maximum Gasteiger partial charge on any atom is 0.260 e. The molecule has 6 heteroatoms. The number of fused-ring (bicyclic) bond motifs is 1. The van der Waals surface area contributed by atoms with E-state index in [2.05, 4.69) is 12.6 Å². The van der Waals surface area contributed by atoms with Crippen LogP contribution in [-0.4, -0.2) is 24.5 Å². The molecule has 0 aliphatic carbocycles. The maximum atomic E-state index is 13.1. The summed E-state index contributed by atoms with van der Waals surface area (Å²) in [5.41, 5.74) is 2.77. The topological polar surface area (TPSA) is 66.2 Å². The van der Waals surface area contributed by atoms with E-state index in [1.807, 2.05) is 41.8 Å². The van der Waals surface area contributed by atoms with Crippen LogP contribution in [0.5, 0.6) is 5.75 Å². The van der Waals surface area contributed by atoms with Gasteiger partial charge < -0.3 is 4.74 Å². The van der Waals surface area contributed by atoms with Gasteiger partial charge in [-0.15, -0.1) is 17.9 Å². The van der Waals surface area contributed by atoms with Crippen molar-refractivity contribution < 1.29 is 9.53 Å². The molecule has 31 heavy (non-hydrogen) atoms. The quantitative estimate of drug-likeness (QED) is 0.373. The number of nitrogens with zero attached hydrogens (tertiary/aromatic N) is 3. The molecule has 4 rings (SSSR count). The largest absolute Gasteiger partial charge is 0.496 e. The number of anilines is 1. The van der Waals surface area contributed by atoms with Crippen LogP contribution in [0.3, 0.4) is 0 Å². The zero-order valence-corrected chi connectivity index (χ0v) is 17.7. The number of rotatable bonds is 6. The number of hydrogen-bond acceptors (Lipinski definition) is 5. The van der Waals surface area contributed by atoms with Crippen molar-refractivity contribution in [2.75, 3.05) is 18.6 Å². The Morgan fingerprint density at radius 1 is 1.16 bits per heavy atom. The van der Waals surface area contributed by atoms with Crippen LogP contribution in [0.25, 0.3) is 22.0 Å². The van der Waals surface area contributed by atoms with Crippen molar-refractivity contribution in [1.82, 2.24) is 4.98 Å². The third-order valence-electron chi connectivity index (χ3n) is 4.92. The summed E-state index contributed by atoms with van der Waals surface area (Å²) in [5, 5.41) is 13.6. The molecule has 0 radical (unpaired) electrons. The van der Waals surface area contributed by atoms with Crippen LogP contribution in [-0.2, 0) is 0 Å². The highest BCUT2D eigenvalue weighted by Gasteiger charge is 2.21. The molecular formula is C25H19N3O2S. The Morgan fingerprint density at radius 3 is 2.58 bits per heavy atom. The normalized spacial score (nSPS) is 10.5. The molecule has 3 aromatic carbocycles. The van der Waals surface area contributed by atoms with E-state index in [-0.39, 0.29) is 5.91 Å². The molecule has 1 heterocycles. The summed E-state index contributed by atoms with van der Waals surface area (Å²) in [7, 11) is 1.66. The zero-order chi connectivity index (χ0) is 21.8. The van der Waals surface area contributed by atoms with E-state index >= 15 is 0 Å². The molecule has 0 aliphatic heterocycles. The predicted octanol–water partition coefficient (Wildman–Crippen LogP) is 5.68. The molecule has 5 nitrogen and oxygen atoms in total. The molecule has 0 atom stereocenters. The molecule has 0 saturated carbocycles. The van der Waals surface area contributed by atoms with Gasteiger partial charge in [0.2, 0.25) is 0 Å². The number of ether oxygens (including phenoxy) is 1. The number of carbonyl (C=O) groups is 1. The van der Waals surface area contributed by atoms with Crippen molar-refractivity contribution in [2.45, 2.75) is 0 Å². The molecule has 0 saturated heterocycles. The average molecular weight is 426 g/mol. The average Bonchev–Trinajstić information content (AvgIpc) is 3.31. The summed E-state index contributed by atoms with van der Waals surface area (Å²) >= 11 is 1.40. The number of carbonyl (C=O) groups excluding carboxylic acids is 1. The van der Waals surface area contributed by atoms with E-state index in [9.17, 15) is 4.79 Å². The lowest BCUT2D eigenvalue weighted by Gasteiger charge is -2.18. The number of benzene rings is 3.